The minimum Gasteiger partial charge on any atom is -0.450 e. The number of hydrogen-bond acceptors (Lipinski definition) is 6. The van der Waals surface area contributed by atoms with Crippen LogP contribution in [0.15, 0.2) is 22.6 Å². The Hall–Kier alpha value is -2.05. The SMILES string of the molecule is CN(C)[C@@H]1CCN(c2nc(N)nc3c2oc2ccc(Cl)cc23)C1. The van der Waals surface area contributed by atoms with Crippen LogP contribution in [0.4, 0.5) is 11.8 Å². The van der Waals surface area contributed by atoms with Gasteiger partial charge in [-0.2, -0.15) is 4.98 Å². The Labute approximate surface area is 138 Å². The first-order valence-electron chi connectivity index (χ1n) is 7.59. The molecule has 6 nitrogen and oxygen atoms in total. The van der Waals surface area contributed by atoms with E-state index in [9.17, 15) is 0 Å². The van der Waals surface area contributed by atoms with Crippen LogP contribution in [0.25, 0.3) is 22.1 Å². The second-order valence-corrected chi connectivity index (χ2v) is 6.61. The number of fused-ring (bicyclic) bond motifs is 3. The van der Waals surface area contributed by atoms with E-state index in [0.717, 1.165) is 41.8 Å². The van der Waals surface area contributed by atoms with Crippen molar-refractivity contribution in [2.24, 2.45) is 0 Å². The Morgan fingerprint density at radius 3 is 2.91 bits per heavy atom. The maximum Gasteiger partial charge on any atom is 0.222 e. The minimum atomic E-state index is 0.253. The third-order valence-corrected chi connectivity index (χ3v) is 4.70. The normalized spacial score (nSPS) is 18.6. The molecule has 0 radical (unpaired) electrons. The van der Waals surface area contributed by atoms with E-state index in [2.05, 4.69) is 33.9 Å². The van der Waals surface area contributed by atoms with Crippen LogP contribution < -0.4 is 10.6 Å². The van der Waals surface area contributed by atoms with Gasteiger partial charge in [-0.05, 0) is 38.7 Å². The van der Waals surface area contributed by atoms with E-state index in [-0.39, 0.29) is 5.95 Å². The van der Waals surface area contributed by atoms with Gasteiger partial charge >= 0.3 is 0 Å². The lowest BCUT2D eigenvalue weighted by Gasteiger charge is -2.21. The van der Waals surface area contributed by atoms with Crippen molar-refractivity contribution in [3.8, 4) is 0 Å². The summed E-state index contributed by atoms with van der Waals surface area (Å²) in [7, 11) is 4.20. The molecule has 0 amide bonds. The summed E-state index contributed by atoms with van der Waals surface area (Å²) >= 11 is 6.10. The van der Waals surface area contributed by atoms with Gasteiger partial charge in [-0.25, -0.2) is 4.98 Å². The molecular formula is C16H18ClN5O. The first-order valence-corrected chi connectivity index (χ1v) is 7.97. The largest absolute Gasteiger partial charge is 0.450 e. The molecule has 3 heterocycles. The topological polar surface area (TPSA) is 71.4 Å². The van der Waals surface area contributed by atoms with Gasteiger partial charge in [-0.1, -0.05) is 11.6 Å². The summed E-state index contributed by atoms with van der Waals surface area (Å²) in [6.07, 6.45) is 1.09. The van der Waals surface area contributed by atoms with Crippen LogP contribution in [0.2, 0.25) is 5.02 Å². The Kier molecular flexibility index (Phi) is 3.32. The molecule has 2 aromatic heterocycles. The zero-order valence-electron chi connectivity index (χ0n) is 13.1. The number of likely N-dealkylation sites (N-methyl/N-ethyl adjacent to an activating group) is 1. The van der Waals surface area contributed by atoms with Crippen LogP contribution in [0.5, 0.6) is 0 Å². The molecule has 1 aliphatic rings. The summed E-state index contributed by atoms with van der Waals surface area (Å²) in [6.45, 7) is 1.82. The highest BCUT2D eigenvalue weighted by molar-refractivity contribution is 6.31. The number of hydrogen-bond donors (Lipinski definition) is 1. The highest BCUT2D eigenvalue weighted by Crippen LogP contribution is 2.35. The number of nitrogens with zero attached hydrogens (tertiary/aromatic N) is 4. The molecule has 1 atom stereocenters. The number of rotatable bonds is 2. The number of furan rings is 1. The van der Waals surface area contributed by atoms with Crippen LogP contribution in [-0.4, -0.2) is 48.1 Å². The number of aromatic nitrogens is 2. The second-order valence-electron chi connectivity index (χ2n) is 6.18. The van der Waals surface area contributed by atoms with E-state index in [0.29, 0.717) is 16.6 Å². The number of nitrogen functional groups attached to an aromatic ring is 1. The molecule has 1 saturated heterocycles. The average molecular weight is 332 g/mol. The van der Waals surface area contributed by atoms with Crippen molar-refractivity contribution in [2.45, 2.75) is 12.5 Å². The van der Waals surface area contributed by atoms with Crippen molar-refractivity contribution >= 4 is 45.4 Å². The molecule has 1 fully saturated rings. The van der Waals surface area contributed by atoms with Crippen molar-refractivity contribution < 1.29 is 4.42 Å². The summed E-state index contributed by atoms with van der Waals surface area (Å²) in [5.41, 5.74) is 8.08. The minimum absolute atomic E-state index is 0.253. The molecule has 3 aromatic rings. The van der Waals surface area contributed by atoms with Crippen molar-refractivity contribution in [1.82, 2.24) is 14.9 Å². The fourth-order valence-corrected chi connectivity index (χ4v) is 3.36. The Bertz CT molecular complexity index is 891. The molecule has 23 heavy (non-hydrogen) atoms. The molecule has 0 spiro atoms. The van der Waals surface area contributed by atoms with Crippen molar-refractivity contribution in [2.75, 3.05) is 37.8 Å². The third-order valence-electron chi connectivity index (χ3n) is 4.47. The number of benzene rings is 1. The predicted octanol–water partition coefficient (Wildman–Crippen LogP) is 2.75. The van der Waals surface area contributed by atoms with Gasteiger partial charge in [0.25, 0.3) is 0 Å². The molecule has 0 saturated carbocycles. The predicted molar refractivity (Wildman–Crippen MR) is 93.0 cm³/mol. The molecule has 2 N–H and O–H groups in total. The van der Waals surface area contributed by atoms with E-state index < -0.39 is 0 Å². The van der Waals surface area contributed by atoms with Crippen LogP contribution >= 0.6 is 11.6 Å². The molecular weight excluding hydrogens is 314 g/mol. The molecule has 0 aliphatic carbocycles. The zero-order valence-corrected chi connectivity index (χ0v) is 13.8. The summed E-state index contributed by atoms with van der Waals surface area (Å²) in [5, 5.41) is 1.51. The lowest BCUT2D eigenvalue weighted by Crippen LogP contribution is -2.31. The van der Waals surface area contributed by atoms with E-state index in [4.69, 9.17) is 21.8 Å². The molecule has 7 heteroatoms. The summed E-state index contributed by atoms with van der Waals surface area (Å²) in [6, 6.07) is 6.01. The lowest BCUT2D eigenvalue weighted by atomic mass is 10.2. The lowest BCUT2D eigenvalue weighted by molar-refractivity contribution is 0.315. The Morgan fingerprint density at radius 2 is 2.17 bits per heavy atom. The van der Waals surface area contributed by atoms with Crippen molar-refractivity contribution in [1.29, 1.82) is 0 Å². The Balaban J connectivity index is 1.88. The van der Waals surface area contributed by atoms with Crippen LogP contribution in [0, 0.1) is 0 Å². The molecule has 4 rings (SSSR count). The summed E-state index contributed by atoms with van der Waals surface area (Å²) < 4.78 is 6.01. The van der Waals surface area contributed by atoms with Gasteiger partial charge < -0.3 is 20.0 Å². The standard InChI is InChI=1S/C16H18ClN5O/c1-21(2)10-5-6-22(8-10)15-14-13(19-16(18)20-15)11-7-9(17)3-4-12(11)23-14/h3-4,7,10H,5-6,8H2,1-2H3,(H2,18,19,20)/t10-/m1/s1. The molecule has 120 valence electrons. The highest BCUT2D eigenvalue weighted by Gasteiger charge is 2.28. The fourth-order valence-electron chi connectivity index (χ4n) is 3.19. The molecule has 0 bridgehead atoms. The monoisotopic (exact) mass is 331 g/mol. The van der Waals surface area contributed by atoms with Gasteiger partial charge in [0, 0.05) is 29.5 Å². The van der Waals surface area contributed by atoms with E-state index in [1.165, 1.54) is 0 Å². The maximum atomic E-state index is 6.10. The smallest absolute Gasteiger partial charge is 0.222 e. The molecule has 1 aliphatic heterocycles. The van der Waals surface area contributed by atoms with Crippen LogP contribution in [0.1, 0.15) is 6.42 Å². The quantitative estimate of drug-likeness (QED) is 0.778. The zero-order chi connectivity index (χ0) is 16.1. The summed E-state index contributed by atoms with van der Waals surface area (Å²) in [5.74, 6) is 1.02. The fraction of sp³-hybridized carbons (Fsp3) is 0.375. The number of nitrogens with two attached hydrogens (primary N) is 1. The van der Waals surface area contributed by atoms with Crippen molar-refractivity contribution in [3.05, 3.63) is 23.2 Å². The van der Waals surface area contributed by atoms with Gasteiger partial charge in [-0.15, -0.1) is 0 Å². The molecule has 0 unspecified atom stereocenters. The van der Waals surface area contributed by atoms with Crippen molar-refractivity contribution in [3.63, 3.8) is 0 Å². The van der Waals surface area contributed by atoms with E-state index in [1.807, 2.05) is 12.1 Å². The first kappa shape index (κ1) is 14.5. The highest BCUT2D eigenvalue weighted by atomic mass is 35.5. The van der Waals surface area contributed by atoms with Crippen LogP contribution in [0.3, 0.4) is 0 Å². The number of halogens is 1. The van der Waals surface area contributed by atoms with Gasteiger partial charge in [0.2, 0.25) is 5.95 Å². The first-order chi connectivity index (χ1) is 11.0. The second kappa shape index (κ2) is 5.25. The van der Waals surface area contributed by atoms with E-state index >= 15 is 0 Å². The average Bonchev–Trinajstić information content (AvgIpc) is 3.11. The third kappa shape index (κ3) is 2.38. The Morgan fingerprint density at radius 1 is 1.35 bits per heavy atom. The van der Waals surface area contributed by atoms with E-state index in [1.54, 1.807) is 6.07 Å². The van der Waals surface area contributed by atoms with Gasteiger partial charge in [0.15, 0.2) is 11.4 Å². The maximum absolute atomic E-state index is 6.10. The van der Waals surface area contributed by atoms with Gasteiger partial charge in [-0.3, -0.25) is 0 Å². The van der Waals surface area contributed by atoms with Gasteiger partial charge in [0.05, 0.1) is 0 Å². The molecule has 1 aromatic carbocycles. The summed E-state index contributed by atoms with van der Waals surface area (Å²) in [4.78, 5) is 13.3. The van der Waals surface area contributed by atoms with Crippen LogP contribution in [-0.2, 0) is 0 Å². The van der Waals surface area contributed by atoms with Gasteiger partial charge in [0.1, 0.15) is 11.1 Å². The number of anilines is 2.